The lowest BCUT2D eigenvalue weighted by molar-refractivity contribution is -0.0470. The van der Waals surface area contributed by atoms with E-state index in [0.29, 0.717) is 18.1 Å². The van der Waals surface area contributed by atoms with E-state index in [-0.39, 0.29) is 0 Å². The number of nitrogens with zero attached hydrogens (tertiary/aromatic N) is 3. The summed E-state index contributed by atoms with van der Waals surface area (Å²) in [4.78, 5) is 2.60. The van der Waals surface area contributed by atoms with E-state index in [1.807, 2.05) is 11.7 Å². The monoisotopic (exact) mass is 292 g/mol. The van der Waals surface area contributed by atoms with Gasteiger partial charge in [0.1, 0.15) is 0 Å². The van der Waals surface area contributed by atoms with Gasteiger partial charge in [-0.1, -0.05) is 13.8 Å². The van der Waals surface area contributed by atoms with Crippen molar-refractivity contribution in [2.75, 3.05) is 26.2 Å². The predicted octanol–water partition coefficient (Wildman–Crippen LogP) is 1.50. The third kappa shape index (κ3) is 3.47. The van der Waals surface area contributed by atoms with Crippen LogP contribution in [0.25, 0.3) is 0 Å². The minimum atomic E-state index is 0.332. The van der Waals surface area contributed by atoms with Gasteiger partial charge in [0.2, 0.25) is 0 Å². The molecule has 3 heterocycles. The number of aryl methyl sites for hydroxylation is 1. The zero-order valence-electron chi connectivity index (χ0n) is 13.5. The summed E-state index contributed by atoms with van der Waals surface area (Å²) in [6.45, 7) is 9.45. The molecule has 2 aliphatic heterocycles. The number of morpholine rings is 1. The van der Waals surface area contributed by atoms with Crippen molar-refractivity contribution in [2.24, 2.45) is 7.05 Å². The molecule has 3 rings (SSSR count). The molecule has 0 aliphatic carbocycles. The number of ether oxygens (including phenoxy) is 1. The number of aromatic nitrogens is 2. The van der Waals surface area contributed by atoms with Crippen molar-refractivity contribution in [1.82, 2.24) is 20.0 Å². The van der Waals surface area contributed by atoms with Crippen LogP contribution in [0.15, 0.2) is 6.20 Å². The first kappa shape index (κ1) is 15.0. The SMILES string of the molecule is CC(C)c1nn(C)cc1CNCC1CN2CCCC2CO1. The Morgan fingerprint density at radius 3 is 3.14 bits per heavy atom. The summed E-state index contributed by atoms with van der Waals surface area (Å²) in [5, 5.41) is 8.11. The highest BCUT2D eigenvalue weighted by Gasteiger charge is 2.31. The Kier molecular flexibility index (Phi) is 4.62. The van der Waals surface area contributed by atoms with E-state index in [1.54, 1.807) is 0 Å². The standard InChI is InChI=1S/C16H28N4O/c1-12(2)16-13(9-19(3)18-16)7-17-8-15-10-20-6-4-5-14(20)11-21-15/h9,12,14-15,17H,4-8,10-11H2,1-3H3. The molecule has 1 N–H and O–H groups in total. The molecule has 2 saturated heterocycles. The highest BCUT2D eigenvalue weighted by molar-refractivity contribution is 5.19. The van der Waals surface area contributed by atoms with Crippen LogP contribution in [-0.4, -0.2) is 53.1 Å². The maximum Gasteiger partial charge on any atom is 0.0827 e. The molecule has 2 atom stereocenters. The highest BCUT2D eigenvalue weighted by Crippen LogP contribution is 2.22. The zero-order valence-corrected chi connectivity index (χ0v) is 13.5. The first-order chi connectivity index (χ1) is 10.1. The number of hydrogen-bond donors (Lipinski definition) is 1. The fraction of sp³-hybridized carbons (Fsp3) is 0.812. The van der Waals surface area contributed by atoms with Crippen LogP contribution < -0.4 is 5.32 Å². The quantitative estimate of drug-likeness (QED) is 0.893. The van der Waals surface area contributed by atoms with Crippen LogP contribution in [-0.2, 0) is 18.3 Å². The Labute approximate surface area is 127 Å². The molecule has 0 aromatic carbocycles. The van der Waals surface area contributed by atoms with Crippen molar-refractivity contribution in [2.45, 2.75) is 51.3 Å². The molecule has 0 amide bonds. The Morgan fingerprint density at radius 1 is 1.48 bits per heavy atom. The summed E-state index contributed by atoms with van der Waals surface area (Å²) >= 11 is 0. The van der Waals surface area contributed by atoms with Gasteiger partial charge in [0.25, 0.3) is 0 Å². The average Bonchev–Trinajstić information content (AvgIpc) is 3.04. The van der Waals surface area contributed by atoms with Crippen LogP contribution >= 0.6 is 0 Å². The Balaban J connectivity index is 1.48. The second-order valence-electron chi connectivity index (χ2n) is 6.75. The molecule has 118 valence electrons. The lowest BCUT2D eigenvalue weighted by atomic mass is 10.1. The van der Waals surface area contributed by atoms with Crippen LogP contribution in [0.3, 0.4) is 0 Å². The molecule has 0 bridgehead atoms. The lowest BCUT2D eigenvalue weighted by Gasteiger charge is -2.35. The van der Waals surface area contributed by atoms with Gasteiger partial charge in [0.05, 0.1) is 18.4 Å². The van der Waals surface area contributed by atoms with Crippen LogP contribution in [0, 0.1) is 0 Å². The van der Waals surface area contributed by atoms with Gasteiger partial charge in [0.15, 0.2) is 0 Å². The van der Waals surface area contributed by atoms with Crippen LogP contribution in [0.2, 0.25) is 0 Å². The summed E-state index contributed by atoms with van der Waals surface area (Å²) in [7, 11) is 1.99. The van der Waals surface area contributed by atoms with Gasteiger partial charge in [-0.15, -0.1) is 0 Å². The number of hydrogen-bond acceptors (Lipinski definition) is 4. The highest BCUT2D eigenvalue weighted by atomic mass is 16.5. The van der Waals surface area contributed by atoms with E-state index in [1.165, 1.54) is 30.6 Å². The summed E-state index contributed by atoms with van der Waals surface area (Å²) < 4.78 is 7.90. The van der Waals surface area contributed by atoms with E-state index in [4.69, 9.17) is 4.74 Å². The number of nitrogens with one attached hydrogen (secondary N) is 1. The maximum absolute atomic E-state index is 5.99. The fourth-order valence-electron chi connectivity index (χ4n) is 3.55. The number of fused-ring (bicyclic) bond motifs is 1. The van der Waals surface area contributed by atoms with Gasteiger partial charge in [0, 0.05) is 44.5 Å². The third-order valence-corrected chi connectivity index (χ3v) is 4.63. The van der Waals surface area contributed by atoms with E-state index < -0.39 is 0 Å². The second kappa shape index (κ2) is 6.46. The fourth-order valence-corrected chi connectivity index (χ4v) is 3.55. The molecule has 2 unspecified atom stereocenters. The Bertz CT molecular complexity index is 471. The van der Waals surface area contributed by atoms with Crippen molar-refractivity contribution in [1.29, 1.82) is 0 Å². The van der Waals surface area contributed by atoms with Crippen LogP contribution in [0.4, 0.5) is 0 Å². The van der Waals surface area contributed by atoms with E-state index in [2.05, 4.69) is 35.4 Å². The molecular weight excluding hydrogens is 264 g/mol. The molecule has 1 aromatic rings. The summed E-state index contributed by atoms with van der Waals surface area (Å²) in [6.07, 6.45) is 5.11. The molecule has 2 aliphatic rings. The molecule has 0 saturated carbocycles. The second-order valence-corrected chi connectivity index (χ2v) is 6.75. The molecule has 5 nitrogen and oxygen atoms in total. The van der Waals surface area contributed by atoms with Crippen molar-refractivity contribution in [3.63, 3.8) is 0 Å². The van der Waals surface area contributed by atoms with Crippen molar-refractivity contribution in [3.05, 3.63) is 17.5 Å². The largest absolute Gasteiger partial charge is 0.374 e. The zero-order chi connectivity index (χ0) is 14.8. The van der Waals surface area contributed by atoms with Crippen molar-refractivity contribution < 1.29 is 4.74 Å². The van der Waals surface area contributed by atoms with Crippen molar-refractivity contribution in [3.8, 4) is 0 Å². The van der Waals surface area contributed by atoms with E-state index in [0.717, 1.165) is 26.2 Å². The predicted molar refractivity (Wildman–Crippen MR) is 83.3 cm³/mol. The van der Waals surface area contributed by atoms with Crippen LogP contribution in [0.1, 0.15) is 43.9 Å². The third-order valence-electron chi connectivity index (χ3n) is 4.63. The van der Waals surface area contributed by atoms with Gasteiger partial charge in [-0.05, 0) is 25.3 Å². The topological polar surface area (TPSA) is 42.3 Å². The number of rotatable bonds is 5. The van der Waals surface area contributed by atoms with Gasteiger partial charge in [-0.25, -0.2) is 0 Å². The summed E-state index contributed by atoms with van der Waals surface area (Å²) in [5.41, 5.74) is 2.51. The maximum atomic E-state index is 5.99. The van der Waals surface area contributed by atoms with Gasteiger partial charge >= 0.3 is 0 Å². The molecule has 21 heavy (non-hydrogen) atoms. The van der Waals surface area contributed by atoms with E-state index >= 15 is 0 Å². The van der Waals surface area contributed by atoms with E-state index in [9.17, 15) is 0 Å². The molecule has 2 fully saturated rings. The lowest BCUT2D eigenvalue weighted by Crippen LogP contribution is -2.49. The molecule has 1 aromatic heterocycles. The Hall–Kier alpha value is -0.910. The van der Waals surface area contributed by atoms with Crippen molar-refractivity contribution >= 4 is 0 Å². The first-order valence-electron chi connectivity index (χ1n) is 8.22. The van der Waals surface area contributed by atoms with Gasteiger partial charge < -0.3 is 10.1 Å². The van der Waals surface area contributed by atoms with Gasteiger partial charge in [-0.2, -0.15) is 5.10 Å². The van der Waals surface area contributed by atoms with Crippen LogP contribution in [0.5, 0.6) is 0 Å². The minimum Gasteiger partial charge on any atom is -0.374 e. The van der Waals surface area contributed by atoms with Gasteiger partial charge in [-0.3, -0.25) is 9.58 Å². The summed E-state index contributed by atoms with van der Waals surface area (Å²) in [6, 6.07) is 0.687. The normalized spacial score (nSPS) is 26.5. The smallest absolute Gasteiger partial charge is 0.0827 e. The summed E-state index contributed by atoms with van der Waals surface area (Å²) in [5.74, 6) is 0.472. The molecular formula is C16H28N4O. The Morgan fingerprint density at radius 2 is 2.33 bits per heavy atom. The first-order valence-corrected chi connectivity index (χ1v) is 8.22. The molecule has 5 heteroatoms. The average molecular weight is 292 g/mol. The minimum absolute atomic E-state index is 0.332. The molecule has 0 spiro atoms. The molecule has 0 radical (unpaired) electrons.